The minimum Gasteiger partial charge on any atom is -0.354 e. The van der Waals surface area contributed by atoms with Gasteiger partial charge in [0.25, 0.3) is 0 Å². The second-order valence-electron chi connectivity index (χ2n) is 5.07. The Morgan fingerprint density at radius 2 is 1.90 bits per heavy atom. The van der Waals surface area contributed by atoms with E-state index in [2.05, 4.69) is 60.2 Å². The van der Waals surface area contributed by atoms with E-state index in [1.807, 2.05) is 12.3 Å². The van der Waals surface area contributed by atoms with E-state index in [4.69, 9.17) is 4.98 Å². The normalized spacial score (nSPS) is 10.4. The second kappa shape index (κ2) is 7.62. The van der Waals surface area contributed by atoms with E-state index >= 15 is 0 Å². The van der Waals surface area contributed by atoms with Crippen LogP contribution >= 0.6 is 0 Å². The number of para-hydroxylation sites is 1. The first-order valence-electron chi connectivity index (χ1n) is 7.66. The highest BCUT2D eigenvalue weighted by atomic mass is 15.2. The zero-order valence-corrected chi connectivity index (χ0v) is 13.1. The van der Waals surface area contributed by atoms with Gasteiger partial charge in [-0.15, -0.1) is 0 Å². The van der Waals surface area contributed by atoms with Crippen LogP contribution in [-0.2, 0) is 0 Å². The third kappa shape index (κ3) is 3.94. The van der Waals surface area contributed by atoms with Gasteiger partial charge in [0.1, 0.15) is 5.82 Å². The molecule has 0 bridgehead atoms. The molecule has 0 radical (unpaired) electrons. The number of hydrogen-bond acceptors (Lipinski definition) is 4. The summed E-state index contributed by atoms with van der Waals surface area (Å²) in [6.45, 7) is 8.11. The molecule has 0 amide bonds. The maximum Gasteiger partial charge on any atom is 0.224 e. The van der Waals surface area contributed by atoms with Gasteiger partial charge in [-0.25, -0.2) is 4.98 Å². The molecule has 1 aromatic carbocycles. The van der Waals surface area contributed by atoms with Gasteiger partial charge in [0.15, 0.2) is 0 Å². The molecule has 0 unspecified atom stereocenters. The SMILES string of the molecule is CCCCN(c1ccccc1)c1nc(NCC)ncc1C. The van der Waals surface area contributed by atoms with Crippen LogP contribution in [0.4, 0.5) is 17.5 Å². The number of aromatic nitrogens is 2. The first-order valence-corrected chi connectivity index (χ1v) is 7.66. The summed E-state index contributed by atoms with van der Waals surface area (Å²) in [6, 6.07) is 10.4. The van der Waals surface area contributed by atoms with E-state index in [-0.39, 0.29) is 0 Å². The molecule has 112 valence electrons. The van der Waals surface area contributed by atoms with E-state index in [1.54, 1.807) is 0 Å². The van der Waals surface area contributed by atoms with Gasteiger partial charge in [0.2, 0.25) is 5.95 Å². The van der Waals surface area contributed by atoms with Crippen molar-refractivity contribution in [3.8, 4) is 0 Å². The van der Waals surface area contributed by atoms with Crippen LogP contribution in [0, 0.1) is 6.92 Å². The number of rotatable bonds is 7. The van der Waals surface area contributed by atoms with Crippen molar-refractivity contribution in [2.75, 3.05) is 23.3 Å². The smallest absolute Gasteiger partial charge is 0.224 e. The molecule has 0 aliphatic carbocycles. The Labute approximate surface area is 127 Å². The summed E-state index contributed by atoms with van der Waals surface area (Å²) in [4.78, 5) is 11.3. The molecule has 0 saturated heterocycles. The topological polar surface area (TPSA) is 41.1 Å². The lowest BCUT2D eigenvalue weighted by Gasteiger charge is -2.25. The van der Waals surface area contributed by atoms with Gasteiger partial charge >= 0.3 is 0 Å². The minimum atomic E-state index is 0.690. The Morgan fingerprint density at radius 1 is 1.14 bits per heavy atom. The molecule has 1 heterocycles. The van der Waals surface area contributed by atoms with Gasteiger partial charge in [0.05, 0.1) is 0 Å². The predicted molar refractivity (Wildman–Crippen MR) is 89.3 cm³/mol. The largest absolute Gasteiger partial charge is 0.354 e. The summed E-state index contributed by atoms with van der Waals surface area (Å²) in [5, 5.41) is 3.19. The number of nitrogens with one attached hydrogen (secondary N) is 1. The standard InChI is InChI=1S/C17H24N4/c1-4-6-12-21(15-10-8-7-9-11-15)16-14(3)13-19-17(20-16)18-5-2/h7-11,13H,4-6,12H2,1-3H3,(H,18,19,20). The highest BCUT2D eigenvalue weighted by molar-refractivity contribution is 5.63. The number of benzene rings is 1. The van der Waals surface area contributed by atoms with Gasteiger partial charge in [-0.05, 0) is 32.4 Å². The number of unbranched alkanes of at least 4 members (excludes halogenated alkanes) is 1. The Kier molecular flexibility index (Phi) is 5.55. The van der Waals surface area contributed by atoms with Crippen molar-refractivity contribution in [3.05, 3.63) is 42.1 Å². The molecule has 21 heavy (non-hydrogen) atoms. The van der Waals surface area contributed by atoms with Crippen molar-refractivity contribution >= 4 is 17.5 Å². The minimum absolute atomic E-state index is 0.690. The number of aryl methyl sites for hydroxylation is 1. The molecule has 2 aromatic rings. The Morgan fingerprint density at radius 3 is 2.57 bits per heavy atom. The van der Waals surface area contributed by atoms with Crippen LogP contribution in [0.5, 0.6) is 0 Å². The van der Waals surface area contributed by atoms with Crippen molar-refractivity contribution in [2.45, 2.75) is 33.6 Å². The van der Waals surface area contributed by atoms with E-state index in [0.717, 1.165) is 37.3 Å². The van der Waals surface area contributed by atoms with Crippen LogP contribution in [0.1, 0.15) is 32.3 Å². The van der Waals surface area contributed by atoms with Gasteiger partial charge in [-0.2, -0.15) is 4.98 Å². The molecule has 1 aromatic heterocycles. The van der Waals surface area contributed by atoms with Crippen molar-refractivity contribution in [3.63, 3.8) is 0 Å². The lowest BCUT2D eigenvalue weighted by Crippen LogP contribution is -2.21. The molecular weight excluding hydrogens is 260 g/mol. The van der Waals surface area contributed by atoms with Crippen molar-refractivity contribution in [2.24, 2.45) is 0 Å². The summed E-state index contributed by atoms with van der Waals surface area (Å²) in [5.74, 6) is 1.68. The Balaban J connectivity index is 2.38. The summed E-state index contributed by atoms with van der Waals surface area (Å²) < 4.78 is 0. The van der Waals surface area contributed by atoms with Crippen LogP contribution in [0.3, 0.4) is 0 Å². The maximum absolute atomic E-state index is 4.70. The van der Waals surface area contributed by atoms with Crippen molar-refractivity contribution < 1.29 is 0 Å². The summed E-state index contributed by atoms with van der Waals surface area (Å²) in [6.07, 6.45) is 4.19. The molecule has 0 atom stereocenters. The van der Waals surface area contributed by atoms with Crippen LogP contribution in [0.25, 0.3) is 0 Å². The third-order valence-electron chi connectivity index (χ3n) is 3.34. The average molecular weight is 284 g/mol. The second-order valence-corrected chi connectivity index (χ2v) is 5.07. The molecular formula is C17H24N4. The lowest BCUT2D eigenvalue weighted by molar-refractivity contribution is 0.776. The first kappa shape index (κ1) is 15.3. The maximum atomic E-state index is 4.70. The van der Waals surface area contributed by atoms with E-state index in [0.29, 0.717) is 5.95 Å². The fourth-order valence-corrected chi connectivity index (χ4v) is 2.23. The lowest BCUT2D eigenvalue weighted by atomic mass is 10.2. The number of nitrogens with zero attached hydrogens (tertiary/aromatic N) is 3. The van der Waals surface area contributed by atoms with Crippen molar-refractivity contribution in [1.82, 2.24) is 9.97 Å². The molecule has 4 nitrogen and oxygen atoms in total. The van der Waals surface area contributed by atoms with Crippen molar-refractivity contribution in [1.29, 1.82) is 0 Å². The molecule has 1 N–H and O–H groups in total. The van der Waals surface area contributed by atoms with Crippen LogP contribution in [-0.4, -0.2) is 23.1 Å². The molecule has 0 spiro atoms. The average Bonchev–Trinajstić information content (AvgIpc) is 2.52. The van der Waals surface area contributed by atoms with Gasteiger partial charge < -0.3 is 10.2 Å². The zero-order chi connectivity index (χ0) is 15.1. The van der Waals surface area contributed by atoms with Crippen LogP contribution < -0.4 is 10.2 Å². The number of hydrogen-bond donors (Lipinski definition) is 1. The van der Waals surface area contributed by atoms with Gasteiger partial charge in [0, 0.05) is 30.5 Å². The fourth-order valence-electron chi connectivity index (χ4n) is 2.23. The predicted octanol–water partition coefficient (Wildman–Crippen LogP) is 4.16. The van der Waals surface area contributed by atoms with Gasteiger partial charge in [-0.1, -0.05) is 31.5 Å². The highest BCUT2D eigenvalue weighted by Crippen LogP contribution is 2.27. The summed E-state index contributed by atoms with van der Waals surface area (Å²) in [7, 11) is 0. The van der Waals surface area contributed by atoms with E-state index < -0.39 is 0 Å². The quantitative estimate of drug-likeness (QED) is 0.829. The van der Waals surface area contributed by atoms with Crippen LogP contribution in [0.2, 0.25) is 0 Å². The summed E-state index contributed by atoms with van der Waals surface area (Å²) >= 11 is 0. The van der Waals surface area contributed by atoms with Gasteiger partial charge in [-0.3, -0.25) is 0 Å². The zero-order valence-electron chi connectivity index (χ0n) is 13.1. The van der Waals surface area contributed by atoms with E-state index in [9.17, 15) is 0 Å². The number of anilines is 3. The monoisotopic (exact) mass is 284 g/mol. The molecule has 0 aliphatic heterocycles. The third-order valence-corrected chi connectivity index (χ3v) is 3.34. The Bertz CT molecular complexity index is 554. The molecule has 0 aliphatic rings. The van der Waals surface area contributed by atoms with Crippen LogP contribution in [0.15, 0.2) is 36.5 Å². The summed E-state index contributed by atoms with van der Waals surface area (Å²) in [5.41, 5.74) is 2.27. The Hall–Kier alpha value is -2.10. The molecule has 2 rings (SSSR count). The molecule has 0 fully saturated rings. The highest BCUT2D eigenvalue weighted by Gasteiger charge is 2.14. The fraction of sp³-hybridized carbons (Fsp3) is 0.412. The molecule has 0 saturated carbocycles. The first-order chi connectivity index (χ1) is 10.3. The van der Waals surface area contributed by atoms with E-state index in [1.165, 1.54) is 5.69 Å². The molecule has 4 heteroatoms.